The number of benzene rings is 2. The fourth-order valence-electron chi connectivity index (χ4n) is 3.28. The Morgan fingerprint density at radius 1 is 0.921 bits per heavy atom. The highest BCUT2D eigenvalue weighted by Gasteiger charge is 2.26. The van der Waals surface area contributed by atoms with Crippen molar-refractivity contribution in [1.82, 2.24) is 0 Å². The van der Waals surface area contributed by atoms with Gasteiger partial charge in [-0.25, -0.2) is 10.1 Å². The van der Waals surface area contributed by atoms with Gasteiger partial charge in [0.15, 0.2) is 0 Å². The van der Waals surface area contributed by atoms with Gasteiger partial charge in [-0.3, -0.25) is 10.1 Å². The molecule has 0 aliphatic heterocycles. The first-order valence-electron chi connectivity index (χ1n) is 12.0. The van der Waals surface area contributed by atoms with Crippen LogP contribution in [0.3, 0.4) is 0 Å². The van der Waals surface area contributed by atoms with Crippen LogP contribution in [0.15, 0.2) is 30.3 Å². The van der Waals surface area contributed by atoms with Crippen molar-refractivity contribution in [3.63, 3.8) is 0 Å². The number of nitrogens with one attached hydrogen (secondary N) is 1. The van der Waals surface area contributed by atoms with E-state index in [9.17, 15) is 14.4 Å². The third-order valence-electron chi connectivity index (χ3n) is 4.96. The van der Waals surface area contributed by atoms with Gasteiger partial charge in [-0.15, -0.1) is 0 Å². The van der Waals surface area contributed by atoms with E-state index < -0.39 is 23.4 Å². The van der Waals surface area contributed by atoms with Crippen LogP contribution in [0.2, 0.25) is 0 Å². The average Bonchev–Trinajstić information content (AvgIpc) is 2.75. The van der Waals surface area contributed by atoms with Crippen LogP contribution in [0.5, 0.6) is 5.75 Å². The van der Waals surface area contributed by atoms with E-state index in [1.807, 2.05) is 54.5 Å². The molecule has 2 aromatic carbocycles. The highest BCUT2D eigenvalue weighted by atomic mass is 127. The van der Waals surface area contributed by atoms with Crippen LogP contribution in [0.4, 0.5) is 21.0 Å². The second kappa shape index (κ2) is 13.9. The van der Waals surface area contributed by atoms with Crippen LogP contribution in [0.1, 0.15) is 60.5 Å². The fraction of sp³-hybridized carbons (Fsp3) is 0.444. The van der Waals surface area contributed by atoms with Gasteiger partial charge in [-0.2, -0.15) is 4.79 Å². The fourth-order valence-corrected chi connectivity index (χ4v) is 7.36. The van der Waals surface area contributed by atoms with Gasteiger partial charge in [0.25, 0.3) is 0 Å². The molecular formula is C27H34I3N2O6+. The van der Waals surface area contributed by atoms with Gasteiger partial charge in [0.05, 0.1) is 11.6 Å². The van der Waals surface area contributed by atoms with Gasteiger partial charge in [0, 0.05) is 22.8 Å². The Morgan fingerprint density at radius 3 is 2.03 bits per heavy atom. The van der Waals surface area contributed by atoms with Crippen molar-refractivity contribution in [3.8, 4) is 5.75 Å². The van der Waals surface area contributed by atoms with Crippen molar-refractivity contribution in [3.05, 3.63) is 46.6 Å². The molecular weight excluding hydrogens is 829 g/mol. The standard InChI is InChI=1S/C27H33I3N2O6/c1-8-15(23(33)36-17-11-9-16(10-12-17)31-24(34)37-26(2,3)4)13-18-19(28)14-20(29)22(21(18)30)32-25(35)38-27(5,6)7/h9-12,14-15H,8,13H2,1-7H3,(H,31,34)(H,32,35)/p+1. The maximum atomic E-state index is 13.1. The minimum absolute atomic E-state index is 0.344. The molecule has 0 saturated heterocycles. The minimum atomic E-state index is -0.615. The molecule has 0 fully saturated rings. The first kappa shape index (κ1) is 33.0. The summed E-state index contributed by atoms with van der Waals surface area (Å²) in [6.07, 6.45) is 0.0712. The lowest BCUT2D eigenvalue weighted by atomic mass is 9.96. The molecule has 2 aromatic rings. The molecule has 0 aliphatic rings. The lowest BCUT2D eigenvalue weighted by Gasteiger charge is -2.22. The monoisotopic (exact) mass is 863 g/mol. The molecule has 0 heterocycles. The van der Waals surface area contributed by atoms with E-state index >= 15 is 0 Å². The van der Waals surface area contributed by atoms with E-state index in [-0.39, 0.29) is 11.9 Å². The van der Waals surface area contributed by atoms with Gasteiger partial charge >= 0.3 is 18.2 Å². The lowest BCUT2D eigenvalue weighted by Crippen LogP contribution is -2.83. The highest BCUT2D eigenvalue weighted by Crippen LogP contribution is 2.34. The van der Waals surface area contributed by atoms with Crippen LogP contribution < -0.4 is 15.4 Å². The Balaban J connectivity index is 2.13. The van der Waals surface area contributed by atoms with Crippen LogP contribution >= 0.6 is 67.8 Å². The van der Waals surface area contributed by atoms with E-state index in [0.717, 1.165) is 16.3 Å². The summed E-state index contributed by atoms with van der Waals surface area (Å²) in [6.45, 7) is 12.8. The summed E-state index contributed by atoms with van der Waals surface area (Å²) in [7, 11) is 0. The van der Waals surface area contributed by atoms with E-state index in [1.54, 1.807) is 24.3 Å². The molecule has 2 rings (SSSR count). The molecule has 0 bridgehead atoms. The number of halogens is 3. The minimum Gasteiger partial charge on any atom is -0.444 e. The predicted molar refractivity (Wildman–Crippen MR) is 172 cm³/mol. The Morgan fingerprint density at radius 2 is 1.50 bits per heavy atom. The number of primary amides is 1. The first-order chi connectivity index (χ1) is 17.5. The normalized spacial score (nSPS) is 12.5. The number of carbonyl (C=O) groups is 3. The molecule has 3 N–H and O–H groups in total. The molecule has 0 saturated carbocycles. The Kier molecular flexibility index (Phi) is 12.1. The zero-order valence-electron chi connectivity index (χ0n) is 22.5. The number of hydrogen-bond donors (Lipinski definition) is 2. The number of nitrogens with two attached hydrogens (primary N) is 1. The number of rotatable bonds is 7. The number of anilines is 1. The number of ether oxygens (including phenoxy) is 3. The molecule has 11 heteroatoms. The number of esters is 1. The smallest absolute Gasteiger partial charge is 0.444 e. The zero-order valence-corrected chi connectivity index (χ0v) is 29.0. The number of quaternary nitrogens is 1. The van der Waals surface area contributed by atoms with E-state index in [0.29, 0.717) is 30.0 Å². The molecule has 2 amide bonds. The summed E-state index contributed by atoms with van der Waals surface area (Å²) in [5, 5.41) is 4.26. The summed E-state index contributed by atoms with van der Waals surface area (Å²) < 4.78 is 19.1. The third-order valence-corrected chi connectivity index (χ3v) is 7.96. The quantitative estimate of drug-likeness (QED) is 0.133. The number of hydrogen-bond acceptors (Lipinski definition) is 6. The second-order valence-corrected chi connectivity index (χ2v) is 14.0. The second-order valence-electron chi connectivity index (χ2n) is 10.6. The van der Waals surface area contributed by atoms with Gasteiger partial charge < -0.3 is 14.2 Å². The third kappa shape index (κ3) is 10.8. The molecule has 38 heavy (non-hydrogen) atoms. The SMILES string of the molecule is CCC(Cc1c(I)cc(I)c(NC(=O)OC(C)(C)C)c1I)C(=O)Oc1ccc([NH2+]C(=O)OC(C)(C)C)cc1. The maximum Gasteiger partial charge on any atom is 0.518 e. The van der Waals surface area contributed by atoms with Crippen molar-refractivity contribution in [2.75, 3.05) is 5.32 Å². The number of amides is 2. The van der Waals surface area contributed by atoms with Gasteiger partial charge in [-0.1, -0.05) is 6.92 Å². The Labute approximate surface area is 265 Å². The van der Waals surface area contributed by atoms with Gasteiger partial charge in [0.2, 0.25) is 0 Å². The highest BCUT2D eigenvalue weighted by molar-refractivity contribution is 14.1. The van der Waals surface area contributed by atoms with Crippen molar-refractivity contribution >= 4 is 97.3 Å². The zero-order chi connectivity index (χ0) is 28.8. The van der Waals surface area contributed by atoms with Crippen molar-refractivity contribution < 1.29 is 33.9 Å². The summed E-state index contributed by atoms with van der Waals surface area (Å²) in [6, 6.07) is 8.69. The summed E-state index contributed by atoms with van der Waals surface area (Å²) in [5.74, 6) is -0.336. The molecule has 8 nitrogen and oxygen atoms in total. The van der Waals surface area contributed by atoms with E-state index in [4.69, 9.17) is 14.2 Å². The van der Waals surface area contributed by atoms with Crippen molar-refractivity contribution in [2.45, 2.75) is 72.5 Å². The summed E-state index contributed by atoms with van der Waals surface area (Å²) in [5.41, 5.74) is 1.09. The summed E-state index contributed by atoms with van der Waals surface area (Å²) >= 11 is 6.65. The Hall–Kier alpha value is -1.20. The molecule has 0 aromatic heterocycles. The molecule has 0 spiro atoms. The number of carbonyl (C=O) groups excluding carboxylic acids is 3. The lowest BCUT2D eigenvalue weighted by molar-refractivity contribution is -0.486. The van der Waals surface area contributed by atoms with Gasteiger partial charge in [0.1, 0.15) is 22.6 Å². The molecule has 1 atom stereocenters. The van der Waals surface area contributed by atoms with Gasteiger partial charge in [-0.05, 0) is 146 Å². The predicted octanol–water partition coefficient (Wildman–Crippen LogP) is 7.15. The molecule has 1 unspecified atom stereocenters. The van der Waals surface area contributed by atoms with Crippen LogP contribution in [-0.2, 0) is 20.7 Å². The van der Waals surface area contributed by atoms with E-state index in [2.05, 4.69) is 73.1 Å². The topological polar surface area (TPSA) is 108 Å². The molecule has 0 radical (unpaired) electrons. The van der Waals surface area contributed by atoms with Crippen molar-refractivity contribution in [1.29, 1.82) is 0 Å². The molecule has 208 valence electrons. The van der Waals surface area contributed by atoms with Crippen LogP contribution in [0.25, 0.3) is 0 Å². The van der Waals surface area contributed by atoms with Crippen LogP contribution in [-0.4, -0.2) is 29.4 Å². The summed E-state index contributed by atoms with van der Waals surface area (Å²) in [4.78, 5) is 37.5. The average molecular weight is 863 g/mol. The van der Waals surface area contributed by atoms with Crippen LogP contribution in [0, 0.1) is 16.6 Å². The Bertz CT molecular complexity index is 1170. The first-order valence-corrected chi connectivity index (χ1v) is 15.3. The largest absolute Gasteiger partial charge is 0.518 e. The molecule has 0 aliphatic carbocycles. The van der Waals surface area contributed by atoms with Crippen molar-refractivity contribution in [2.24, 2.45) is 5.92 Å². The van der Waals surface area contributed by atoms with E-state index in [1.165, 1.54) is 5.32 Å². The maximum absolute atomic E-state index is 13.1.